The molecule has 102 valence electrons. The van der Waals surface area contributed by atoms with Crippen LogP contribution in [0.2, 0.25) is 0 Å². The second-order valence-electron chi connectivity index (χ2n) is 4.11. The van der Waals surface area contributed by atoms with Crippen LogP contribution in [0.15, 0.2) is 40.9 Å². The molecule has 6 heteroatoms. The third-order valence-electron chi connectivity index (χ3n) is 2.70. The first-order valence-corrected chi connectivity index (χ1v) is 6.48. The van der Waals surface area contributed by atoms with Crippen molar-refractivity contribution in [3.63, 3.8) is 0 Å². The normalized spacial score (nSPS) is 10.1. The topological polar surface area (TPSA) is 69.4 Å². The van der Waals surface area contributed by atoms with Gasteiger partial charge in [0.2, 0.25) is 0 Å². The second kappa shape index (κ2) is 5.83. The van der Waals surface area contributed by atoms with E-state index in [1.54, 1.807) is 31.2 Å². The van der Waals surface area contributed by atoms with Gasteiger partial charge in [0.15, 0.2) is 6.29 Å². The zero-order valence-corrected chi connectivity index (χ0v) is 12.1. The van der Waals surface area contributed by atoms with E-state index in [0.29, 0.717) is 27.1 Å². The number of hydrogen-bond acceptors (Lipinski definition) is 4. The Kier molecular flexibility index (Phi) is 4.14. The third kappa shape index (κ3) is 3.03. The maximum Gasteiger partial charge on any atom is 0.269 e. The van der Waals surface area contributed by atoms with Crippen LogP contribution in [0.3, 0.4) is 0 Å². The van der Waals surface area contributed by atoms with Crippen molar-refractivity contribution >= 4 is 27.9 Å². The van der Waals surface area contributed by atoms with E-state index in [1.807, 2.05) is 0 Å². The Hall–Kier alpha value is -2.21. The lowest BCUT2D eigenvalue weighted by molar-refractivity contribution is -0.384. The van der Waals surface area contributed by atoms with Crippen molar-refractivity contribution in [1.29, 1.82) is 0 Å². The number of nitro groups is 1. The van der Waals surface area contributed by atoms with E-state index in [-0.39, 0.29) is 5.69 Å². The number of hydrogen-bond donors (Lipinski definition) is 0. The summed E-state index contributed by atoms with van der Waals surface area (Å²) in [5, 5.41) is 10.7. The smallest absolute Gasteiger partial charge is 0.269 e. The Morgan fingerprint density at radius 1 is 1.25 bits per heavy atom. The molecule has 2 rings (SSSR count). The van der Waals surface area contributed by atoms with Gasteiger partial charge in [-0.3, -0.25) is 14.9 Å². The molecule has 0 saturated carbocycles. The molecular weight excluding hydrogens is 326 g/mol. The number of rotatable bonds is 4. The summed E-state index contributed by atoms with van der Waals surface area (Å²) in [5.74, 6) is 1.07. The molecule has 0 aliphatic rings. The summed E-state index contributed by atoms with van der Waals surface area (Å²) >= 11 is 3.27. The monoisotopic (exact) mass is 335 g/mol. The van der Waals surface area contributed by atoms with Crippen LogP contribution in [0.25, 0.3) is 0 Å². The summed E-state index contributed by atoms with van der Waals surface area (Å²) in [5.41, 5.74) is 1.21. The minimum atomic E-state index is -0.452. The van der Waals surface area contributed by atoms with E-state index < -0.39 is 4.92 Å². The van der Waals surface area contributed by atoms with Gasteiger partial charge in [0, 0.05) is 22.2 Å². The molecule has 2 aromatic rings. The van der Waals surface area contributed by atoms with Gasteiger partial charge in [0.1, 0.15) is 11.5 Å². The maximum atomic E-state index is 10.7. The Morgan fingerprint density at radius 2 is 2.00 bits per heavy atom. The van der Waals surface area contributed by atoms with E-state index in [9.17, 15) is 14.9 Å². The lowest BCUT2D eigenvalue weighted by Crippen LogP contribution is -1.92. The summed E-state index contributed by atoms with van der Waals surface area (Å²) in [7, 11) is 0. The zero-order chi connectivity index (χ0) is 14.7. The molecule has 0 fully saturated rings. The van der Waals surface area contributed by atoms with Gasteiger partial charge in [0.05, 0.1) is 4.92 Å². The fourth-order valence-corrected chi connectivity index (χ4v) is 2.11. The van der Waals surface area contributed by atoms with Gasteiger partial charge in [-0.1, -0.05) is 0 Å². The maximum absolute atomic E-state index is 10.7. The van der Waals surface area contributed by atoms with Crippen LogP contribution >= 0.6 is 15.9 Å². The van der Waals surface area contributed by atoms with Gasteiger partial charge in [-0.05, 0) is 52.7 Å². The minimum absolute atomic E-state index is 0.0207. The minimum Gasteiger partial charge on any atom is -0.457 e. The number of ether oxygens (including phenoxy) is 1. The Morgan fingerprint density at radius 3 is 2.55 bits per heavy atom. The standard InChI is InChI=1S/C14H10BrNO4/c1-9-6-11(16(18)19)3-5-14(9)20-12-4-2-10(8-17)13(15)7-12/h2-8H,1H3. The number of benzene rings is 2. The van der Waals surface area contributed by atoms with Gasteiger partial charge >= 0.3 is 0 Å². The number of nitro benzene ring substituents is 1. The number of nitrogens with zero attached hydrogens (tertiary/aromatic N) is 1. The zero-order valence-electron chi connectivity index (χ0n) is 10.5. The van der Waals surface area contributed by atoms with E-state index >= 15 is 0 Å². The fourth-order valence-electron chi connectivity index (χ4n) is 1.66. The molecule has 0 aliphatic heterocycles. The van der Waals surface area contributed by atoms with E-state index in [1.165, 1.54) is 12.1 Å². The Labute approximate surface area is 123 Å². The molecular formula is C14H10BrNO4. The molecule has 0 saturated heterocycles. The van der Waals surface area contributed by atoms with Crippen LogP contribution in [0.4, 0.5) is 5.69 Å². The number of aryl methyl sites for hydroxylation is 1. The van der Waals surface area contributed by atoms with Gasteiger partial charge in [0.25, 0.3) is 5.69 Å². The molecule has 0 heterocycles. The molecule has 20 heavy (non-hydrogen) atoms. The highest BCUT2D eigenvalue weighted by molar-refractivity contribution is 9.10. The highest BCUT2D eigenvalue weighted by Crippen LogP contribution is 2.30. The molecule has 0 atom stereocenters. The predicted octanol–water partition coefficient (Wildman–Crippen LogP) is 4.27. The fraction of sp³-hybridized carbons (Fsp3) is 0.0714. The highest BCUT2D eigenvalue weighted by atomic mass is 79.9. The summed E-state index contributed by atoms with van der Waals surface area (Å²) in [6, 6.07) is 9.35. The van der Waals surface area contributed by atoms with Gasteiger partial charge in [-0.2, -0.15) is 0 Å². The molecule has 0 aliphatic carbocycles. The summed E-state index contributed by atoms with van der Waals surface area (Å²) in [6.45, 7) is 1.73. The molecule has 0 unspecified atom stereocenters. The Balaban J connectivity index is 2.28. The van der Waals surface area contributed by atoms with Gasteiger partial charge in [-0.25, -0.2) is 0 Å². The van der Waals surface area contributed by atoms with Crippen molar-refractivity contribution < 1.29 is 14.5 Å². The van der Waals surface area contributed by atoms with Crippen LogP contribution < -0.4 is 4.74 Å². The second-order valence-corrected chi connectivity index (χ2v) is 4.96. The molecule has 0 aromatic heterocycles. The predicted molar refractivity (Wildman–Crippen MR) is 77.4 cm³/mol. The van der Waals surface area contributed by atoms with Crippen LogP contribution in [0.5, 0.6) is 11.5 Å². The van der Waals surface area contributed by atoms with Crippen LogP contribution in [-0.2, 0) is 0 Å². The SMILES string of the molecule is Cc1cc([N+](=O)[O-])ccc1Oc1ccc(C=O)c(Br)c1. The van der Waals surface area contributed by atoms with Crippen molar-refractivity contribution in [1.82, 2.24) is 0 Å². The average molecular weight is 336 g/mol. The third-order valence-corrected chi connectivity index (χ3v) is 3.38. The first-order valence-electron chi connectivity index (χ1n) is 5.69. The number of non-ortho nitro benzene ring substituents is 1. The van der Waals surface area contributed by atoms with E-state index in [4.69, 9.17) is 4.74 Å². The first kappa shape index (κ1) is 14.2. The van der Waals surface area contributed by atoms with Crippen LogP contribution in [0, 0.1) is 17.0 Å². The number of aldehydes is 1. The first-order chi connectivity index (χ1) is 9.51. The number of carbonyl (C=O) groups excluding carboxylic acids is 1. The lowest BCUT2D eigenvalue weighted by atomic mass is 10.2. The van der Waals surface area contributed by atoms with Crippen molar-refractivity contribution in [3.8, 4) is 11.5 Å². The molecule has 0 bridgehead atoms. The molecule has 0 radical (unpaired) electrons. The number of halogens is 1. The van der Waals surface area contributed by atoms with Crippen LogP contribution in [-0.4, -0.2) is 11.2 Å². The van der Waals surface area contributed by atoms with Crippen molar-refractivity contribution in [2.75, 3.05) is 0 Å². The largest absolute Gasteiger partial charge is 0.457 e. The molecule has 5 nitrogen and oxygen atoms in total. The quantitative estimate of drug-likeness (QED) is 0.475. The number of carbonyl (C=O) groups is 1. The lowest BCUT2D eigenvalue weighted by Gasteiger charge is -2.09. The van der Waals surface area contributed by atoms with Gasteiger partial charge in [-0.15, -0.1) is 0 Å². The summed E-state index contributed by atoms with van der Waals surface area (Å²) in [4.78, 5) is 20.9. The van der Waals surface area contributed by atoms with Crippen molar-refractivity contribution in [2.45, 2.75) is 6.92 Å². The van der Waals surface area contributed by atoms with E-state index in [0.717, 1.165) is 6.29 Å². The summed E-state index contributed by atoms with van der Waals surface area (Å²) in [6.07, 6.45) is 0.741. The highest BCUT2D eigenvalue weighted by Gasteiger charge is 2.10. The van der Waals surface area contributed by atoms with Crippen molar-refractivity contribution in [2.24, 2.45) is 0 Å². The molecule has 0 amide bonds. The summed E-state index contributed by atoms with van der Waals surface area (Å²) < 4.78 is 6.28. The Bertz CT molecular complexity index is 685. The molecule has 0 spiro atoms. The van der Waals surface area contributed by atoms with Gasteiger partial charge < -0.3 is 4.74 Å². The molecule has 2 aromatic carbocycles. The van der Waals surface area contributed by atoms with Crippen LogP contribution in [0.1, 0.15) is 15.9 Å². The van der Waals surface area contributed by atoms with E-state index in [2.05, 4.69) is 15.9 Å². The molecule has 0 N–H and O–H groups in total. The average Bonchev–Trinajstić information content (AvgIpc) is 2.41. The van der Waals surface area contributed by atoms with Crippen molar-refractivity contribution in [3.05, 3.63) is 62.1 Å².